The molecule has 18 heavy (non-hydrogen) atoms. The largest absolute Gasteiger partial charge is 0.490 e. The van der Waals surface area contributed by atoms with Crippen molar-refractivity contribution < 1.29 is 19.0 Å². The van der Waals surface area contributed by atoms with Gasteiger partial charge in [-0.3, -0.25) is 4.79 Å². The zero-order valence-corrected chi connectivity index (χ0v) is 9.99. The second-order valence-electron chi connectivity index (χ2n) is 4.33. The van der Waals surface area contributed by atoms with Gasteiger partial charge in [-0.15, -0.1) is 0 Å². The summed E-state index contributed by atoms with van der Waals surface area (Å²) in [7, 11) is 0. The molecule has 0 bridgehead atoms. The molecule has 98 valence electrons. The molecule has 0 spiro atoms. The van der Waals surface area contributed by atoms with Crippen molar-refractivity contribution in [1.29, 1.82) is 0 Å². The predicted octanol–water partition coefficient (Wildman–Crippen LogP) is 1.37. The van der Waals surface area contributed by atoms with Gasteiger partial charge in [0.05, 0.1) is 19.6 Å². The van der Waals surface area contributed by atoms with E-state index in [9.17, 15) is 9.18 Å². The summed E-state index contributed by atoms with van der Waals surface area (Å²) in [5, 5.41) is 11.9. The van der Waals surface area contributed by atoms with Gasteiger partial charge in [0.1, 0.15) is 0 Å². The van der Waals surface area contributed by atoms with E-state index in [1.54, 1.807) is 6.07 Å². The van der Waals surface area contributed by atoms with Crippen LogP contribution in [-0.4, -0.2) is 23.7 Å². The molecule has 0 saturated heterocycles. The number of benzene rings is 1. The summed E-state index contributed by atoms with van der Waals surface area (Å²) >= 11 is 0. The van der Waals surface area contributed by atoms with Crippen molar-refractivity contribution in [2.24, 2.45) is 0 Å². The summed E-state index contributed by atoms with van der Waals surface area (Å²) in [6, 6.07) is 4.67. The van der Waals surface area contributed by atoms with Crippen LogP contribution in [0.2, 0.25) is 0 Å². The molecule has 1 saturated carbocycles. The molecule has 5 heteroatoms. The number of para-hydroxylation sites is 1. The van der Waals surface area contributed by atoms with Crippen LogP contribution >= 0.6 is 0 Å². The van der Waals surface area contributed by atoms with Crippen LogP contribution in [0.3, 0.4) is 0 Å². The Hall–Kier alpha value is -1.62. The molecule has 4 nitrogen and oxygen atoms in total. The van der Waals surface area contributed by atoms with Gasteiger partial charge >= 0.3 is 0 Å². The lowest BCUT2D eigenvalue weighted by Crippen LogP contribution is -2.26. The number of nitrogens with one attached hydrogen (secondary N) is 1. The fourth-order valence-corrected chi connectivity index (χ4v) is 1.61. The predicted molar refractivity (Wildman–Crippen MR) is 63.6 cm³/mol. The molecule has 2 N–H and O–H groups in total. The number of halogens is 1. The summed E-state index contributed by atoms with van der Waals surface area (Å²) < 4.78 is 18.7. The van der Waals surface area contributed by atoms with Crippen molar-refractivity contribution in [2.75, 3.05) is 6.61 Å². The highest BCUT2D eigenvalue weighted by atomic mass is 19.1. The molecule has 0 aliphatic heterocycles. The first-order chi connectivity index (χ1) is 8.70. The van der Waals surface area contributed by atoms with Crippen LogP contribution in [0.5, 0.6) is 5.75 Å². The van der Waals surface area contributed by atoms with Crippen molar-refractivity contribution in [2.45, 2.75) is 31.9 Å². The van der Waals surface area contributed by atoms with E-state index in [1.165, 1.54) is 12.1 Å². The number of hydrogen-bond acceptors (Lipinski definition) is 3. The standard InChI is InChI=1S/C13H16FNO3/c14-11-3-1-2-9(8-16)13(11)18-7-6-12(17)15-10-4-5-10/h1-3,10,16H,4-8H2,(H,15,17). The normalized spacial score (nSPS) is 14.3. The number of carbonyl (C=O) groups excluding carboxylic acids is 1. The van der Waals surface area contributed by atoms with Gasteiger partial charge in [0.15, 0.2) is 11.6 Å². The lowest BCUT2D eigenvalue weighted by Gasteiger charge is -2.10. The lowest BCUT2D eigenvalue weighted by molar-refractivity contribution is -0.121. The summed E-state index contributed by atoms with van der Waals surface area (Å²) in [6.45, 7) is -0.187. The van der Waals surface area contributed by atoms with E-state index in [0.717, 1.165) is 12.8 Å². The number of amides is 1. The summed E-state index contributed by atoms with van der Waals surface area (Å²) in [5.41, 5.74) is 0.387. The van der Waals surface area contributed by atoms with E-state index in [-0.39, 0.29) is 31.3 Å². The zero-order chi connectivity index (χ0) is 13.0. The van der Waals surface area contributed by atoms with Crippen molar-refractivity contribution in [1.82, 2.24) is 5.32 Å². The van der Waals surface area contributed by atoms with Crippen LogP contribution in [0.25, 0.3) is 0 Å². The Balaban J connectivity index is 1.83. The second-order valence-corrected chi connectivity index (χ2v) is 4.33. The number of hydrogen-bond donors (Lipinski definition) is 2. The van der Waals surface area contributed by atoms with E-state index in [2.05, 4.69) is 5.32 Å². The molecule has 0 atom stereocenters. The first kappa shape index (κ1) is 12.8. The van der Waals surface area contributed by atoms with E-state index in [0.29, 0.717) is 11.6 Å². The average molecular weight is 253 g/mol. The maximum Gasteiger partial charge on any atom is 0.223 e. The number of rotatable bonds is 6. The van der Waals surface area contributed by atoms with Crippen LogP contribution < -0.4 is 10.1 Å². The van der Waals surface area contributed by atoms with E-state index in [4.69, 9.17) is 9.84 Å². The number of carbonyl (C=O) groups is 1. The topological polar surface area (TPSA) is 58.6 Å². The van der Waals surface area contributed by atoms with Gasteiger partial charge < -0.3 is 15.2 Å². The molecule has 1 aliphatic rings. The van der Waals surface area contributed by atoms with E-state index >= 15 is 0 Å². The third-order valence-electron chi connectivity index (χ3n) is 2.74. The number of aliphatic hydroxyl groups excluding tert-OH is 1. The molecule has 0 unspecified atom stereocenters. The lowest BCUT2D eigenvalue weighted by atomic mass is 10.2. The van der Waals surface area contributed by atoms with Gasteiger partial charge in [-0.05, 0) is 18.9 Å². The molecular formula is C13H16FNO3. The average Bonchev–Trinajstić information content (AvgIpc) is 3.15. The van der Waals surface area contributed by atoms with Crippen molar-refractivity contribution in [3.63, 3.8) is 0 Å². The minimum absolute atomic E-state index is 0.0271. The SMILES string of the molecule is O=C(CCOc1c(F)cccc1CO)NC1CC1. The smallest absolute Gasteiger partial charge is 0.223 e. The highest BCUT2D eigenvalue weighted by Crippen LogP contribution is 2.23. The van der Waals surface area contributed by atoms with Crippen LogP contribution in [0.1, 0.15) is 24.8 Å². The van der Waals surface area contributed by atoms with Crippen molar-refractivity contribution in [3.05, 3.63) is 29.6 Å². The molecule has 1 aromatic carbocycles. The van der Waals surface area contributed by atoms with Crippen molar-refractivity contribution >= 4 is 5.91 Å². The molecular weight excluding hydrogens is 237 g/mol. The van der Waals surface area contributed by atoms with E-state index < -0.39 is 5.82 Å². The summed E-state index contributed by atoms with van der Waals surface area (Å²) in [6.07, 6.45) is 2.26. The molecule has 1 aliphatic carbocycles. The van der Waals surface area contributed by atoms with Gasteiger partial charge in [0, 0.05) is 11.6 Å². The Morgan fingerprint density at radius 3 is 2.94 bits per heavy atom. The Morgan fingerprint density at radius 2 is 2.28 bits per heavy atom. The fraction of sp³-hybridized carbons (Fsp3) is 0.462. The third-order valence-corrected chi connectivity index (χ3v) is 2.74. The molecule has 1 amide bonds. The quantitative estimate of drug-likeness (QED) is 0.805. The van der Waals surface area contributed by atoms with Crippen LogP contribution in [0, 0.1) is 5.82 Å². The number of aliphatic hydroxyl groups is 1. The summed E-state index contributed by atoms with van der Waals surface area (Å²) in [4.78, 5) is 11.4. The van der Waals surface area contributed by atoms with Crippen LogP contribution in [-0.2, 0) is 11.4 Å². The Kier molecular flexibility index (Phi) is 4.15. The van der Waals surface area contributed by atoms with Gasteiger partial charge in [-0.1, -0.05) is 12.1 Å². The zero-order valence-electron chi connectivity index (χ0n) is 9.99. The Labute approximate surface area is 105 Å². The maximum absolute atomic E-state index is 13.4. The van der Waals surface area contributed by atoms with Gasteiger partial charge in [0.25, 0.3) is 0 Å². The molecule has 0 radical (unpaired) electrons. The minimum atomic E-state index is -0.524. The first-order valence-electron chi connectivity index (χ1n) is 6.01. The van der Waals surface area contributed by atoms with Crippen LogP contribution in [0.15, 0.2) is 18.2 Å². The molecule has 0 heterocycles. The first-order valence-corrected chi connectivity index (χ1v) is 6.01. The van der Waals surface area contributed by atoms with Gasteiger partial charge in [-0.2, -0.15) is 0 Å². The Bertz CT molecular complexity index is 432. The van der Waals surface area contributed by atoms with Crippen molar-refractivity contribution in [3.8, 4) is 5.75 Å². The minimum Gasteiger partial charge on any atom is -0.490 e. The highest BCUT2D eigenvalue weighted by Gasteiger charge is 2.23. The fourth-order valence-electron chi connectivity index (χ4n) is 1.61. The van der Waals surface area contributed by atoms with Gasteiger partial charge in [-0.25, -0.2) is 4.39 Å². The molecule has 1 aromatic rings. The Morgan fingerprint density at radius 1 is 1.50 bits per heavy atom. The summed E-state index contributed by atoms with van der Waals surface area (Å²) in [5.74, 6) is -0.581. The molecule has 2 rings (SSSR count). The maximum atomic E-state index is 13.4. The van der Waals surface area contributed by atoms with E-state index in [1.807, 2.05) is 0 Å². The second kappa shape index (κ2) is 5.82. The van der Waals surface area contributed by atoms with Crippen LogP contribution in [0.4, 0.5) is 4.39 Å². The molecule has 0 aromatic heterocycles. The molecule has 1 fully saturated rings. The van der Waals surface area contributed by atoms with Gasteiger partial charge in [0.2, 0.25) is 5.91 Å². The third kappa shape index (κ3) is 3.43. The number of ether oxygens (including phenoxy) is 1. The monoisotopic (exact) mass is 253 g/mol. The highest BCUT2D eigenvalue weighted by molar-refractivity contribution is 5.76.